The van der Waals surface area contributed by atoms with Crippen LogP contribution < -0.4 is 10.2 Å². The Labute approximate surface area is 176 Å². The quantitative estimate of drug-likeness (QED) is 0.517. The van der Waals surface area contributed by atoms with Gasteiger partial charge in [-0.25, -0.2) is 4.79 Å². The Bertz CT molecular complexity index is 974. The molecule has 2 aromatic rings. The summed E-state index contributed by atoms with van der Waals surface area (Å²) in [4.78, 5) is 35.7. The number of nitrogens with one attached hydrogen (secondary N) is 1. The average Bonchev–Trinajstić information content (AvgIpc) is 2.95. The van der Waals surface area contributed by atoms with Gasteiger partial charge in [0.1, 0.15) is 5.75 Å². The molecule has 29 heavy (non-hydrogen) atoms. The summed E-state index contributed by atoms with van der Waals surface area (Å²) in [6.07, 6.45) is 1.78. The summed E-state index contributed by atoms with van der Waals surface area (Å²) in [5.41, 5.74) is 4.09. The number of thiocarbonyl (C=S) groups is 1. The number of aliphatic carboxylic acids is 1. The van der Waals surface area contributed by atoms with Gasteiger partial charge in [0.05, 0.1) is 11.3 Å². The second-order valence-electron chi connectivity index (χ2n) is 5.97. The third-order valence-corrected chi connectivity index (χ3v) is 5.08. The summed E-state index contributed by atoms with van der Waals surface area (Å²) in [5.74, 6) is -1.40. The maximum atomic E-state index is 12.6. The van der Waals surface area contributed by atoms with Crippen LogP contribution in [-0.4, -0.2) is 38.8 Å². The van der Waals surface area contributed by atoms with Gasteiger partial charge >= 0.3 is 5.97 Å². The van der Waals surface area contributed by atoms with Crippen LogP contribution in [0.1, 0.15) is 11.1 Å². The molecule has 0 aromatic heterocycles. The van der Waals surface area contributed by atoms with Crippen molar-refractivity contribution in [2.75, 3.05) is 6.61 Å². The second kappa shape index (κ2) is 9.35. The minimum Gasteiger partial charge on any atom is -0.482 e. The maximum absolute atomic E-state index is 12.6. The Balaban J connectivity index is 1.63. The van der Waals surface area contributed by atoms with Crippen LogP contribution >= 0.6 is 24.0 Å². The van der Waals surface area contributed by atoms with E-state index in [0.29, 0.717) is 16.2 Å². The van der Waals surface area contributed by atoms with Crippen molar-refractivity contribution >= 4 is 52.2 Å². The van der Waals surface area contributed by atoms with E-state index in [2.05, 4.69) is 5.43 Å². The van der Waals surface area contributed by atoms with Crippen molar-refractivity contribution < 1.29 is 24.2 Å². The molecule has 1 saturated heterocycles. The van der Waals surface area contributed by atoms with Crippen molar-refractivity contribution in [3.8, 4) is 5.75 Å². The van der Waals surface area contributed by atoms with Crippen LogP contribution in [0.5, 0.6) is 5.75 Å². The number of hydrogen-bond donors (Lipinski definition) is 2. The van der Waals surface area contributed by atoms with E-state index >= 15 is 0 Å². The van der Waals surface area contributed by atoms with Crippen molar-refractivity contribution in [2.24, 2.45) is 0 Å². The smallest absolute Gasteiger partial charge is 0.341 e. The van der Waals surface area contributed by atoms with E-state index in [4.69, 9.17) is 22.1 Å². The van der Waals surface area contributed by atoms with Crippen molar-refractivity contribution in [1.82, 2.24) is 10.4 Å². The number of carboxylic acids is 1. The lowest BCUT2D eigenvalue weighted by atomic mass is 10.1. The first kappa shape index (κ1) is 20.6. The zero-order valence-electron chi connectivity index (χ0n) is 15.0. The van der Waals surface area contributed by atoms with Crippen molar-refractivity contribution in [2.45, 2.75) is 6.42 Å². The zero-order valence-corrected chi connectivity index (χ0v) is 16.7. The molecule has 7 nitrogen and oxygen atoms in total. The number of carbonyl (C=O) groups excluding carboxylic acids is 2. The summed E-state index contributed by atoms with van der Waals surface area (Å²) in [5, 5.41) is 9.69. The minimum atomic E-state index is -1.06. The van der Waals surface area contributed by atoms with Crippen molar-refractivity contribution in [3.05, 3.63) is 70.6 Å². The zero-order chi connectivity index (χ0) is 20.8. The summed E-state index contributed by atoms with van der Waals surface area (Å²) in [6.45, 7) is -0.430. The molecule has 0 unspecified atom stereocenters. The van der Waals surface area contributed by atoms with Gasteiger partial charge in [-0.15, -0.1) is 0 Å². The molecule has 9 heteroatoms. The van der Waals surface area contributed by atoms with Crippen LogP contribution in [0, 0.1) is 0 Å². The van der Waals surface area contributed by atoms with Gasteiger partial charge in [0.15, 0.2) is 10.9 Å². The number of benzene rings is 2. The Hall–Kier alpha value is -3.17. The number of ether oxygens (including phenoxy) is 1. The van der Waals surface area contributed by atoms with Crippen molar-refractivity contribution in [3.63, 3.8) is 0 Å². The number of carboxylic acid groups (broad SMARTS) is 1. The first-order chi connectivity index (χ1) is 13.9. The lowest BCUT2D eigenvalue weighted by Crippen LogP contribution is -2.45. The summed E-state index contributed by atoms with van der Waals surface area (Å²) in [7, 11) is 0. The molecular weight excluding hydrogens is 412 g/mol. The van der Waals surface area contributed by atoms with Gasteiger partial charge in [-0.3, -0.25) is 15.0 Å². The van der Waals surface area contributed by atoms with E-state index in [0.717, 1.165) is 22.3 Å². The maximum Gasteiger partial charge on any atom is 0.341 e. The van der Waals surface area contributed by atoms with Gasteiger partial charge in [0.2, 0.25) is 5.91 Å². The van der Waals surface area contributed by atoms with E-state index in [1.54, 1.807) is 30.3 Å². The van der Waals surface area contributed by atoms with Gasteiger partial charge in [0, 0.05) is 0 Å². The molecule has 2 N–H and O–H groups in total. The predicted octanol–water partition coefficient (Wildman–Crippen LogP) is 2.63. The molecule has 2 aromatic carbocycles. The molecule has 0 radical (unpaired) electrons. The highest BCUT2D eigenvalue weighted by Crippen LogP contribution is 2.31. The van der Waals surface area contributed by atoms with Crippen LogP contribution in [0.15, 0.2) is 59.5 Å². The number of carbonyl (C=O) groups is 3. The summed E-state index contributed by atoms with van der Waals surface area (Å²) >= 11 is 6.30. The number of nitrogens with zero attached hydrogens (tertiary/aromatic N) is 1. The molecule has 2 amide bonds. The number of amides is 2. The first-order valence-corrected chi connectivity index (χ1v) is 9.71. The highest BCUT2D eigenvalue weighted by molar-refractivity contribution is 8.26. The third kappa shape index (κ3) is 5.66. The molecule has 1 fully saturated rings. The largest absolute Gasteiger partial charge is 0.482 e. The summed E-state index contributed by atoms with van der Waals surface area (Å²) < 4.78 is 5.31. The average molecular weight is 428 g/mol. The van der Waals surface area contributed by atoms with Crippen LogP contribution in [0.4, 0.5) is 0 Å². The molecule has 1 heterocycles. The number of hydrogen-bond acceptors (Lipinski definition) is 6. The highest BCUT2D eigenvalue weighted by Gasteiger charge is 2.33. The first-order valence-electron chi connectivity index (χ1n) is 8.48. The second-order valence-corrected chi connectivity index (χ2v) is 7.64. The molecule has 0 spiro atoms. The van der Waals surface area contributed by atoms with Gasteiger partial charge in [-0.05, 0) is 41.6 Å². The van der Waals surface area contributed by atoms with Crippen LogP contribution in [0.3, 0.4) is 0 Å². The van der Waals surface area contributed by atoms with Gasteiger partial charge < -0.3 is 9.84 Å². The summed E-state index contributed by atoms with van der Waals surface area (Å²) in [6, 6.07) is 15.8. The fourth-order valence-corrected chi connectivity index (χ4v) is 3.65. The lowest BCUT2D eigenvalue weighted by molar-refractivity contribution is -0.139. The SMILES string of the molecule is O=C(O)COc1ccc(/C=C2/SC(=S)N(NC(=O)Cc3ccccc3)C2=O)cc1. The normalized spacial score (nSPS) is 14.9. The van der Waals surface area contributed by atoms with E-state index in [9.17, 15) is 14.4 Å². The topological polar surface area (TPSA) is 95.9 Å². The Morgan fingerprint density at radius 2 is 1.83 bits per heavy atom. The molecule has 1 aliphatic rings. The highest BCUT2D eigenvalue weighted by atomic mass is 32.2. The number of hydrazine groups is 1. The number of thioether (sulfide) groups is 1. The Morgan fingerprint density at radius 3 is 2.48 bits per heavy atom. The molecule has 1 aliphatic heterocycles. The van der Waals surface area contributed by atoms with Gasteiger partial charge in [-0.1, -0.05) is 54.2 Å². The van der Waals surface area contributed by atoms with Crippen molar-refractivity contribution in [1.29, 1.82) is 0 Å². The van der Waals surface area contributed by atoms with Crippen LogP contribution in [0.25, 0.3) is 6.08 Å². The number of rotatable bonds is 7. The van der Waals surface area contributed by atoms with Gasteiger partial charge in [0.25, 0.3) is 5.91 Å². The van der Waals surface area contributed by atoms with Crippen LogP contribution in [0.2, 0.25) is 0 Å². The Morgan fingerprint density at radius 1 is 1.14 bits per heavy atom. The molecule has 0 atom stereocenters. The standard InChI is InChI=1S/C20H16N2O5S2/c23-17(11-13-4-2-1-3-5-13)21-22-19(26)16(29-20(22)28)10-14-6-8-15(9-7-14)27-12-18(24)25/h1-10H,11-12H2,(H,21,23)(H,24,25)/b16-10+. The Kier molecular flexibility index (Phi) is 6.63. The predicted molar refractivity (Wildman–Crippen MR) is 113 cm³/mol. The monoisotopic (exact) mass is 428 g/mol. The van der Waals surface area contributed by atoms with E-state index in [1.165, 1.54) is 0 Å². The molecule has 0 aliphatic carbocycles. The van der Waals surface area contributed by atoms with E-state index in [1.807, 2.05) is 30.3 Å². The molecule has 3 rings (SSSR count). The minimum absolute atomic E-state index is 0.134. The van der Waals surface area contributed by atoms with Gasteiger partial charge in [-0.2, -0.15) is 5.01 Å². The molecular formula is C20H16N2O5S2. The lowest BCUT2D eigenvalue weighted by Gasteiger charge is -2.15. The molecule has 0 saturated carbocycles. The molecule has 0 bridgehead atoms. The van der Waals surface area contributed by atoms with E-state index in [-0.39, 0.29) is 16.6 Å². The van der Waals surface area contributed by atoms with Crippen LogP contribution in [-0.2, 0) is 20.8 Å². The fraction of sp³-hybridized carbons (Fsp3) is 0.100. The third-order valence-electron chi connectivity index (χ3n) is 3.78. The fourth-order valence-electron chi connectivity index (χ4n) is 2.47. The van der Waals surface area contributed by atoms with E-state index < -0.39 is 18.5 Å². The molecule has 148 valence electrons.